The first-order valence-electron chi connectivity index (χ1n) is 6.85. The number of benzene rings is 2. The van der Waals surface area contributed by atoms with Crippen LogP contribution in [0.3, 0.4) is 0 Å². The summed E-state index contributed by atoms with van der Waals surface area (Å²) in [6.07, 6.45) is 0.726. The van der Waals surface area contributed by atoms with E-state index in [1.54, 1.807) is 0 Å². The van der Waals surface area contributed by atoms with Crippen LogP contribution in [0.5, 0.6) is 11.6 Å². The fraction of sp³-hybridized carbons (Fsp3) is 0.0588. The summed E-state index contributed by atoms with van der Waals surface area (Å²) in [6.45, 7) is 0. The number of para-hydroxylation sites is 1. The van der Waals surface area contributed by atoms with Crippen molar-refractivity contribution >= 4 is 23.8 Å². The molecule has 3 nitrogen and oxygen atoms in total. The van der Waals surface area contributed by atoms with E-state index in [1.165, 1.54) is 0 Å². The molecule has 5 heteroatoms. The zero-order chi connectivity index (χ0) is 15.1. The Morgan fingerprint density at radius 2 is 2.00 bits per heavy atom. The first kappa shape index (κ1) is 13.5. The molecule has 1 aromatic heterocycles. The Morgan fingerprint density at radius 1 is 1.14 bits per heavy atom. The van der Waals surface area contributed by atoms with Crippen molar-refractivity contribution < 1.29 is 4.74 Å². The highest BCUT2D eigenvalue weighted by molar-refractivity contribution is 7.71. The van der Waals surface area contributed by atoms with E-state index in [0.717, 1.165) is 28.9 Å². The fourth-order valence-corrected chi connectivity index (χ4v) is 2.99. The van der Waals surface area contributed by atoms with E-state index in [2.05, 4.69) is 9.97 Å². The number of halogens is 1. The standard InChI is InChI=1S/C17H11ClN2OS/c18-12-6-3-5-11(8-12)15-19-16-13(17(22)20-15)9-10-4-1-2-7-14(10)21-16/h1-8H,9H2,(H,19,20,22). The number of aromatic amines is 1. The second-order valence-electron chi connectivity index (χ2n) is 5.10. The molecule has 22 heavy (non-hydrogen) atoms. The quantitative estimate of drug-likeness (QED) is 0.491. The number of aromatic nitrogens is 2. The van der Waals surface area contributed by atoms with E-state index >= 15 is 0 Å². The van der Waals surface area contributed by atoms with Gasteiger partial charge in [0.25, 0.3) is 0 Å². The van der Waals surface area contributed by atoms with Gasteiger partial charge in [0.05, 0.1) is 5.56 Å². The summed E-state index contributed by atoms with van der Waals surface area (Å²) in [6, 6.07) is 15.4. The Balaban J connectivity index is 1.84. The monoisotopic (exact) mass is 326 g/mol. The lowest BCUT2D eigenvalue weighted by atomic mass is 10.0. The lowest BCUT2D eigenvalue weighted by molar-refractivity contribution is 0.439. The van der Waals surface area contributed by atoms with Gasteiger partial charge in [-0.25, -0.2) is 4.98 Å². The molecule has 0 fully saturated rings. The van der Waals surface area contributed by atoms with Gasteiger partial charge in [0.2, 0.25) is 5.88 Å². The van der Waals surface area contributed by atoms with Crippen LogP contribution in [0.4, 0.5) is 0 Å². The molecule has 0 amide bonds. The highest BCUT2D eigenvalue weighted by atomic mass is 35.5. The molecule has 0 saturated heterocycles. The SMILES string of the molecule is S=c1nc(-c2cccc(Cl)c2)[nH]c2c1Cc1ccccc1O2. The maximum Gasteiger partial charge on any atom is 0.205 e. The first-order valence-corrected chi connectivity index (χ1v) is 7.64. The summed E-state index contributed by atoms with van der Waals surface area (Å²) in [5.41, 5.74) is 2.91. The van der Waals surface area contributed by atoms with E-state index in [4.69, 9.17) is 28.6 Å². The van der Waals surface area contributed by atoms with E-state index in [9.17, 15) is 0 Å². The molecule has 1 aliphatic heterocycles. The minimum absolute atomic E-state index is 0.554. The minimum atomic E-state index is 0.554. The fourth-order valence-electron chi connectivity index (χ4n) is 2.54. The first-order chi connectivity index (χ1) is 10.7. The number of hydrogen-bond donors (Lipinski definition) is 1. The van der Waals surface area contributed by atoms with Gasteiger partial charge < -0.3 is 9.72 Å². The maximum atomic E-state index is 6.05. The average molecular weight is 327 g/mol. The van der Waals surface area contributed by atoms with Gasteiger partial charge in [-0.15, -0.1) is 0 Å². The molecule has 0 radical (unpaired) electrons. The zero-order valence-electron chi connectivity index (χ0n) is 11.5. The van der Waals surface area contributed by atoms with Crippen molar-refractivity contribution in [3.8, 4) is 23.0 Å². The molecule has 3 aromatic rings. The van der Waals surface area contributed by atoms with Crippen LogP contribution in [0.1, 0.15) is 11.1 Å². The van der Waals surface area contributed by atoms with Crippen LogP contribution in [0.25, 0.3) is 11.4 Å². The van der Waals surface area contributed by atoms with Crippen molar-refractivity contribution in [3.05, 3.63) is 69.3 Å². The normalized spacial score (nSPS) is 12.2. The summed E-state index contributed by atoms with van der Waals surface area (Å²) in [4.78, 5) is 7.72. The Bertz CT molecular complexity index is 936. The summed E-state index contributed by atoms with van der Waals surface area (Å²) < 4.78 is 6.51. The van der Waals surface area contributed by atoms with E-state index in [-0.39, 0.29) is 0 Å². The Kier molecular flexibility index (Phi) is 3.21. The minimum Gasteiger partial charge on any atom is -0.440 e. The molecule has 1 N–H and O–H groups in total. The Hall–Kier alpha value is -2.17. The van der Waals surface area contributed by atoms with Crippen LogP contribution in [-0.2, 0) is 6.42 Å². The molecular formula is C17H11ClN2OS. The lowest BCUT2D eigenvalue weighted by Crippen LogP contribution is -2.07. The Labute approximate surface area is 137 Å². The van der Waals surface area contributed by atoms with E-state index in [0.29, 0.717) is 21.4 Å². The number of hydrogen-bond acceptors (Lipinski definition) is 3. The van der Waals surface area contributed by atoms with Gasteiger partial charge in [0.15, 0.2) is 0 Å². The number of H-pyrrole nitrogens is 1. The van der Waals surface area contributed by atoms with Crippen molar-refractivity contribution in [2.24, 2.45) is 0 Å². The molecule has 108 valence electrons. The lowest BCUT2D eigenvalue weighted by Gasteiger charge is -2.20. The molecule has 2 aromatic carbocycles. The Morgan fingerprint density at radius 3 is 2.86 bits per heavy atom. The summed E-state index contributed by atoms with van der Waals surface area (Å²) >= 11 is 11.5. The largest absolute Gasteiger partial charge is 0.440 e. The van der Waals surface area contributed by atoms with Crippen LogP contribution < -0.4 is 4.74 Å². The second kappa shape index (κ2) is 5.23. The van der Waals surface area contributed by atoms with Crippen molar-refractivity contribution in [2.45, 2.75) is 6.42 Å². The van der Waals surface area contributed by atoms with Gasteiger partial charge >= 0.3 is 0 Å². The molecule has 4 rings (SSSR count). The zero-order valence-corrected chi connectivity index (χ0v) is 13.0. The van der Waals surface area contributed by atoms with Crippen molar-refractivity contribution in [2.75, 3.05) is 0 Å². The van der Waals surface area contributed by atoms with Crippen LogP contribution in [0, 0.1) is 4.64 Å². The number of fused-ring (bicyclic) bond motifs is 2. The van der Waals surface area contributed by atoms with Gasteiger partial charge in [0.1, 0.15) is 16.2 Å². The topological polar surface area (TPSA) is 37.9 Å². The highest BCUT2D eigenvalue weighted by Gasteiger charge is 2.20. The average Bonchev–Trinajstić information content (AvgIpc) is 2.53. The van der Waals surface area contributed by atoms with Gasteiger partial charge in [-0.3, -0.25) is 0 Å². The third-order valence-electron chi connectivity index (χ3n) is 3.63. The van der Waals surface area contributed by atoms with Gasteiger partial charge in [-0.2, -0.15) is 0 Å². The van der Waals surface area contributed by atoms with Gasteiger partial charge in [-0.1, -0.05) is 54.2 Å². The van der Waals surface area contributed by atoms with E-state index < -0.39 is 0 Å². The number of nitrogens with zero attached hydrogens (tertiary/aromatic N) is 1. The van der Waals surface area contributed by atoms with Crippen molar-refractivity contribution in [1.29, 1.82) is 0 Å². The van der Waals surface area contributed by atoms with E-state index in [1.807, 2.05) is 48.5 Å². The number of ether oxygens (including phenoxy) is 1. The van der Waals surface area contributed by atoms with Crippen LogP contribution in [0.15, 0.2) is 48.5 Å². The molecule has 0 spiro atoms. The molecule has 0 atom stereocenters. The second-order valence-corrected chi connectivity index (χ2v) is 5.92. The predicted octanol–water partition coefficient (Wildman–Crippen LogP) is 5.16. The summed E-state index contributed by atoms with van der Waals surface area (Å²) in [5, 5.41) is 0.655. The van der Waals surface area contributed by atoms with Crippen LogP contribution >= 0.6 is 23.8 Å². The van der Waals surface area contributed by atoms with Crippen LogP contribution in [0.2, 0.25) is 5.02 Å². The third-order valence-corrected chi connectivity index (χ3v) is 4.20. The highest BCUT2D eigenvalue weighted by Crippen LogP contribution is 2.36. The molecule has 0 bridgehead atoms. The smallest absolute Gasteiger partial charge is 0.205 e. The van der Waals surface area contributed by atoms with Crippen molar-refractivity contribution in [1.82, 2.24) is 9.97 Å². The van der Waals surface area contributed by atoms with Gasteiger partial charge in [0, 0.05) is 17.0 Å². The third kappa shape index (κ3) is 2.30. The molecular weight excluding hydrogens is 316 g/mol. The summed E-state index contributed by atoms with van der Waals surface area (Å²) in [5.74, 6) is 2.17. The molecule has 0 aliphatic carbocycles. The predicted molar refractivity (Wildman–Crippen MR) is 89.2 cm³/mol. The molecule has 0 unspecified atom stereocenters. The molecule has 1 aliphatic rings. The number of nitrogens with one attached hydrogen (secondary N) is 1. The van der Waals surface area contributed by atoms with Crippen LogP contribution in [-0.4, -0.2) is 9.97 Å². The van der Waals surface area contributed by atoms with Gasteiger partial charge in [-0.05, 0) is 23.8 Å². The molecule has 2 heterocycles. The number of rotatable bonds is 1. The maximum absolute atomic E-state index is 6.05. The van der Waals surface area contributed by atoms with Crippen molar-refractivity contribution in [3.63, 3.8) is 0 Å². The summed E-state index contributed by atoms with van der Waals surface area (Å²) in [7, 11) is 0. The molecule has 0 saturated carbocycles.